The van der Waals surface area contributed by atoms with Crippen LogP contribution in [0.4, 0.5) is 34.5 Å². The van der Waals surface area contributed by atoms with Crippen molar-refractivity contribution in [2.24, 2.45) is 5.92 Å². The maximum Gasteiger partial charge on any atom is 0.235 e. The van der Waals surface area contributed by atoms with E-state index in [0.717, 1.165) is 16.9 Å². The molecule has 0 spiro atoms. The number of carbonyl (C=O) groups excluding carboxylic acids is 4. The lowest BCUT2D eigenvalue weighted by atomic mass is 9.88. The van der Waals surface area contributed by atoms with Gasteiger partial charge in [-0.1, -0.05) is 11.6 Å². The minimum atomic E-state index is -0.718. The highest BCUT2D eigenvalue weighted by Gasteiger charge is 2.36. The topological polar surface area (TPSA) is 164 Å². The first kappa shape index (κ1) is 31.9. The van der Waals surface area contributed by atoms with Crippen molar-refractivity contribution in [2.75, 3.05) is 46.5 Å². The summed E-state index contributed by atoms with van der Waals surface area (Å²) in [4.78, 5) is 64.2. The van der Waals surface area contributed by atoms with Crippen LogP contribution in [0.25, 0.3) is 0 Å². The smallest absolute Gasteiger partial charge is 0.235 e. The van der Waals surface area contributed by atoms with Gasteiger partial charge in [0.2, 0.25) is 29.6 Å². The molecule has 0 bridgehead atoms. The first-order valence-electron chi connectivity index (χ1n) is 15.4. The Morgan fingerprint density at radius 3 is 2.64 bits per heavy atom. The van der Waals surface area contributed by atoms with Gasteiger partial charge in [0.05, 0.1) is 24.2 Å². The van der Waals surface area contributed by atoms with E-state index < -0.39 is 11.8 Å². The van der Waals surface area contributed by atoms with E-state index in [9.17, 15) is 19.2 Å². The third-order valence-electron chi connectivity index (χ3n) is 9.18. The van der Waals surface area contributed by atoms with Crippen molar-refractivity contribution < 1.29 is 19.2 Å². The molecule has 6 rings (SSSR count). The molecule has 4 amide bonds. The van der Waals surface area contributed by atoms with Gasteiger partial charge < -0.3 is 30.7 Å². The van der Waals surface area contributed by atoms with Crippen LogP contribution >= 0.6 is 11.6 Å². The van der Waals surface area contributed by atoms with Crippen molar-refractivity contribution in [3.63, 3.8) is 0 Å². The number of hydrogen-bond acceptors (Lipinski definition) is 10. The number of rotatable bonds is 8. The van der Waals surface area contributed by atoms with Crippen molar-refractivity contribution in [3.8, 4) is 0 Å². The number of benzene rings is 2. The Morgan fingerprint density at radius 1 is 1.13 bits per heavy atom. The fourth-order valence-corrected chi connectivity index (χ4v) is 6.70. The number of piperidine rings is 2. The fourth-order valence-electron chi connectivity index (χ4n) is 6.57. The van der Waals surface area contributed by atoms with Crippen LogP contribution in [0.15, 0.2) is 42.6 Å². The molecule has 3 aliphatic rings. The zero-order chi connectivity index (χ0) is 33.6. The van der Waals surface area contributed by atoms with Crippen molar-refractivity contribution >= 4 is 75.5 Å². The van der Waals surface area contributed by atoms with Gasteiger partial charge in [0.15, 0.2) is 5.82 Å². The molecule has 1 aromatic heterocycles. The minimum absolute atomic E-state index is 0.0423. The molecule has 13 nitrogen and oxygen atoms in total. The molecular weight excluding hydrogens is 622 g/mol. The van der Waals surface area contributed by atoms with Gasteiger partial charge in [-0.3, -0.25) is 24.5 Å². The highest BCUT2D eigenvalue weighted by Crippen LogP contribution is 2.35. The number of amides is 4. The second-order valence-corrected chi connectivity index (χ2v) is 12.6. The normalized spacial score (nSPS) is 21.0. The van der Waals surface area contributed by atoms with Crippen molar-refractivity contribution in [1.82, 2.24) is 15.3 Å². The molecule has 2 saturated heterocycles. The third kappa shape index (κ3) is 6.10. The number of likely N-dealkylation sites (N-methyl/N-ethyl adjacent to an activating group) is 1. The van der Waals surface area contributed by atoms with E-state index in [4.69, 9.17) is 17.0 Å². The monoisotopic (exact) mass is 657 g/mol. The first-order valence-corrected chi connectivity index (χ1v) is 15.8. The van der Waals surface area contributed by atoms with Gasteiger partial charge in [0.25, 0.3) is 0 Å². The number of nitrogens with one attached hydrogen (secondary N) is 4. The Balaban J connectivity index is 1.16. The van der Waals surface area contributed by atoms with Crippen LogP contribution < -0.4 is 30.7 Å². The molecule has 244 valence electrons. The molecule has 0 aliphatic carbocycles. The molecular formula is C33H36ClN9O4. The van der Waals surface area contributed by atoms with Gasteiger partial charge >= 0.3 is 0 Å². The van der Waals surface area contributed by atoms with Crippen molar-refractivity contribution in [1.29, 1.82) is 5.41 Å². The van der Waals surface area contributed by atoms with Gasteiger partial charge in [-0.15, -0.1) is 0 Å². The number of aromatic nitrogens is 2. The number of fused-ring (bicyclic) bond motifs is 1. The Labute approximate surface area is 277 Å². The second kappa shape index (κ2) is 12.6. The predicted molar refractivity (Wildman–Crippen MR) is 181 cm³/mol. The molecule has 3 aromatic rings. The molecule has 0 radical (unpaired) electrons. The second-order valence-electron chi connectivity index (χ2n) is 12.2. The van der Waals surface area contributed by atoms with E-state index in [-0.39, 0.29) is 54.8 Å². The van der Waals surface area contributed by atoms with Crippen LogP contribution in [-0.4, -0.2) is 72.5 Å². The van der Waals surface area contributed by atoms with Gasteiger partial charge in [-0.25, -0.2) is 4.98 Å². The van der Waals surface area contributed by atoms with E-state index in [1.807, 2.05) is 43.1 Å². The van der Waals surface area contributed by atoms with Gasteiger partial charge in [0.1, 0.15) is 5.02 Å². The van der Waals surface area contributed by atoms with Gasteiger partial charge in [0, 0.05) is 74.4 Å². The summed E-state index contributed by atoms with van der Waals surface area (Å²) >= 11 is 6.47. The SMILES string of the molecule is CNc1cc(N2C(=O)C[C@@H](N(C)c3ncc(Cl)c(Nc4ccc5c(c4)CC(=O)N5C)n3)C[C@H]2C)ccc1C(=N)C1CCC(=O)NC1=O. The molecule has 0 saturated carbocycles. The Bertz CT molecular complexity index is 1810. The molecule has 47 heavy (non-hydrogen) atoms. The lowest BCUT2D eigenvalue weighted by Gasteiger charge is -2.41. The Morgan fingerprint density at radius 2 is 1.91 bits per heavy atom. The molecule has 4 N–H and O–H groups in total. The van der Waals surface area contributed by atoms with E-state index in [1.54, 1.807) is 36.0 Å². The lowest BCUT2D eigenvalue weighted by Crippen LogP contribution is -2.51. The van der Waals surface area contributed by atoms with Crippen LogP contribution in [0.5, 0.6) is 0 Å². The van der Waals surface area contributed by atoms with Gasteiger partial charge in [-0.05, 0) is 61.7 Å². The number of carbonyl (C=O) groups is 4. The van der Waals surface area contributed by atoms with Crippen molar-refractivity contribution in [3.05, 3.63) is 58.7 Å². The quantitative estimate of drug-likeness (QED) is 0.208. The van der Waals surface area contributed by atoms with Crippen LogP contribution in [0.3, 0.4) is 0 Å². The first-order chi connectivity index (χ1) is 22.4. The number of hydrogen-bond donors (Lipinski definition) is 4. The third-order valence-corrected chi connectivity index (χ3v) is 9.45. The maximum atomic E-state index is 13.6. The highest BCUT2D eigenvalue weighted by atomic mass is 35.5. The molecule has 3 atom stereocenters. The lowest BCUT2D eigenvalue weighted by molar-refractivity contribution is -0.134. The van der Waals surface area contributed by atoms with Crippen LogP contribution in [0.2, 0.25) is 5.02 Å². The summed E-state index contributed by atoms with van der Waals surface area (Å²) in [5.41, 5.74) is 4.53. The Kier molecular flexibility index (Phi) is 8.58. The summed E-state index contributed by atoms with van der Waals surface area (Å²) in [6.07, 6.45) is 3.21. The average molecular weight is 658 g/mol. The van der Waals surface area contributed by atoms with Crippen LogP contribution in [0, 0.1) is 11.3 Å². The van der Waals surface area contributed by atoms with E-state index in [2.05, 4.69) is 25.9 Å². The minimum Gasteiger partial charge on any atom is -0.388 e. The largest absolute Gasteiger partial charge is 0.388 e. The van der Waals surface area contributed by atoms with Crippen LogP contribution in [-0.2, 0) is 25.6 Å². The standard InChI is InChI=1S/C33H36ClN9O4/c1-17-11-21(41(3)33-37-16-24(34)31(40-33)38-19-5-9-26-18(12-19)13-28(45)42(26)4)15-29(46)43(17)20-6-7-22(25(14-20)36-2)30(35)23-8-10-27(44)39-32(23)47/h5-7,9,12,14,16-17,21,23,35-36H,8,10-11,13,15H2,1-4H3,(H,37,38,40)(H,39,44,47)/t17-,21+,23?/m1/s1. The molecule has 1 unspecified atom stereocenters. The number of nitrogens with zero attached hydrogens (tertiary/aromatic N) is 5. The highest BCUT2D eigenvalue weighted by molar-refractivity contribution is 6.33. The zero-order valence-electron chi connectivity index (χ0n) is 26.6. The maximum absolute atomic E-state index is 13.6. The summed E-state index contributed by atoms with van der Waals surface area (Å²) in [6.45, 7) is 1.99. The van der Waals surface area contributed by atoms with E-state index in [1.165, 1.54) is 6.20 Å². The summed E-state index contributed by atoms with van der Waals surface area (Å²) < 4.78 is 0. The summed E-state index contributed by atoms with van der Waals surface area (Å²) in [5.74, 6) is -0.701. The van der Waals surface area contributed by atoms with E-state index >= 15 is 0 Å². The Hall–Kier alpha value is -5.04. The number of halogens is 1. The van der Waals surface area contributed by atoms with Crippen molar-refractivity contribution in [2.45, 2.75) is 51.1 Å². The summed E-state index contributed by atoms with van der Waals surface area (Å²) in [5, 5.41) is 17.7. The molecule has 3 aliphatic heterocycles. The summed E-state index contributed by atoms with van der Waals surface area (Å²) in [7, 11) is 5.35. The average Bonchev–Trinajstić information content (AvgIpc) is 3.32. The molecule has 4 heterocycles. The number of imide groups is 1. The zero-order valence-corrected chi connectivity index (χ0v) is 27.3. The van der Waals surface area contributed by atoms with Crippen LogP contribution in [0.1, 0.15) is 43.7 Å². The van der Waals surface area contributed by atoms with E-state index in [0.29, 0.717) is 46.6 Å². The van der Waals surface area contributed by atoms with Gasteiger partial charge in [-0.2, -0.15) is 4.98 Å². The molecule has 2 fully saturated rings. The molecule has 14 heteroatoms. The molecule has 2 aromatic carbocycles. The fraction of sp³-hybridized carbons (Fsp3) is 0.364. The predicted octanol–water partition coefficient (Wildman–Crippen LogP) is 3.88. The summed E-state index contributed by atoms with van der Waals surface area (Å²) in [6, 6.07) is 10.7. The number of anilines is 6.